The van der Waals surface area contributed by atoms with Gasteiger partial charge in [0, 0.05) is 12.0 Å². The van der Waals surface area contributed by atoms with E-state index >= 15 is 0 Å². The molecule has 0 aliphatic carbocycles. The van der Waals surface area contributed by atoms with Crippen molar-refractivity contribution >= 4 is 44.8 Å². The van der Waals surface area contributed by atoms with Gasteiger partial charge in [0.1, 0.15) is 0 Å². The van der Waals surface area contributed by atoms with Crippen molar-refractivity contribution in [2.24, 2.45) is 5.92 Å². The molecule has 0 aromatic carbocycles. The number of rotatable bonds is 3. The van der Waals surface area contributed by atoms with Crippen LogP contribution in [0.2, 0.25) is 0 Å². The Balaban J connectivity index is 1.94. The first-order valence-electron chi connectivity index (χ1n) is 5.11. The lowest BCUT2D eigenvalue weighted by Gasteiger charge is -2.20. The van der Waals surface area contributed by atoms with Gasteiger partial charge in [-0.05, 0) is 57.6 Å². The van der Waals surface area contributed by atoms with Crippen LogP contribution in [0.3, 0.4) is 0 Å². The number of Topliss-reactive ketones (excluding diaryl/α,β-unsaturated/α-hetero) is 1. The fraction of sp³-hybridized carbons (Fsp3) is 0.545. The van der Waals surface area contributed by atoms with Gasteiger partial charge < -0.3 is 0 Å². The van der Waals surface area contributed by atoms with Crippen LogP contribution < -0.4 is 0 Å². The Bertz CT molecular complexity index is 342. The fourth-order valence-electron chi connectivity index (χ4n) is 1.82. The van der Waals surface area contributed by atoms with Crippen molar-refractivity contribution in [1.82, 2.24) is 0 Å². The number of carbonyl (C=O) groups excluding carboxylic acids is 1. The molecule has 0 N–H and O–H groups in total. The molecular formula is C11H13BrOS2. The van der Waals surface area contributed by atoms with Gasteiger partial charge in [0.15, 0.2) is 5.78 Å². The summed E-state index contributed by atoms with van der Waals surface area (Å²) in [6, 6.07) is 1.93. The number of thiophene rings is 1. The lowest BCUT2D eigenvalue weighted by atomic mass is 9.94. The highest BCUT2D eigenvalue weighted by molar-refractivity contribution is 9.11. The quantitative estimate of drug-likeness (QED) is 0.778. The third kappa shape index (κ3) is 3.08. The van der Waals surface area contributed by atoms with E-state index in [4.69, 9.17) is 0 Å². The van der Waals surface area contributed by atoms with E-state index in [2.05, 4.69) is 15.9 Å². The molecule has 0 amide bonds. The minimum absolute atomic E-state index is 0.306. The third-order valence-corrected chi connectivity index (χ3v) is 5.47. The zero-order valence-electron chi connectivity index (χ0n) is 8.37. The molecule has 82 valence electrons. The Morgan fingerprint density at radius 3 is 2.80 bits per heavy atom. The van der Waals surface area contributed by atoms with Crippen molar-refractivity contribution in [1.29, 1.82) is 0 Å². The molecule has 1 aliphatic rings. The van der Waals surface area contributed by atoms with E-state index in [1.165, 1.54) is 24.3 Å². The molecule has 0 saturated carbocycles. The van der Waals surface area contributed by atoms with Gasteiger partial charge in [0.05, 0.1) is 3.79 Å². The zero-order valence-corrected chi connectivity index (χ0v) is 11.6. The number of hydrogen-bond acceptors (Lipinski definition) is 3. The Morgan fingerprint density at radius 2 is 2.20 bits per heavy atom. The molecule has 0 radical (unpaired) electrons. The van der Waals surface area contributed by atoms with Crippen molar-refractivity contribution in [3.05, 3.63) is 20.8 Å². The standard InChI is InChI=1S/C11H13BrOS2/c12-11-9(3-6-15-11)10(13)7-8-1-4-14-5-2-8/h3,6,8H,1-2,4-5,7H2. The van der Waals surface area contributed by atoms with Gasteiger partial charge in [-0.15, -0.1) is 11.3 Å². The van der Waals surface area contributed by atoms with Gasteiger partial charge in [-0.2, -0.15) is 11.8 Å². The normalized spacial score (nSPS) is 17.9. The maximum atomic E-state index is 12.0. The van der Waals surface area contributed by atoms with E-state index in [0.717, 1.165) is 15.8 Å². The van der Waals surface area contributed by atoms with Crippen LogP contribution in [0, 0.1) is 5.92 Å². The summed E-state index contributed by atoms with van der Waals surface area (Å²) in [6.45, 7) is 0. The Hall–Kier alpha value is 0.200. The topological polar surface area (TPSA) is 17.1 Å². The third-order valence-electron chi connectivity index (χ3n) is 2.73. The minimum Gasteiger partial charge on any atom is -0.294 e. The summed E-state index contributed by atoms with van der Waals surface area (Å²) < 4.78 is 0.984. The van der Waals surface area contributed by atoms with E-state index in [1.54, 1.807) is 11.3 Å². The summed E-state index contributed by atoms with van der Waals surface area (Å²) in [5, 5.41) is 1.97. The van der Waals surface area contributed by atoms with Crippen molar-refractivity contribution in [3.63, 3.8) is 0 Å². The molecule has 2 heterocycles. The second-order valence-corrected chi connectivity index (χ2v) is 7.25. The maximum Gasteiger partial charge on any atom is 0.165 e. The highest BCUT2D eigenvalue weighted by Crippen LogP contribution is 2.29. The summed E-state index contributed by atoms with van der Waals surface area (Å²) in [5.41, 5.74) is 0.873. The van der Waals surface area contributed by atoms with E-state index < -0.39 is 0 Å². The van der Waals surface area contributed by atoms with Gasteiger partial charge in [-0.25, -0.2) is 0 Å². The molecule has 1 fully saturated rings. The molecule has 0 spiro atoms. The molecular weight excluding hydrogens is 292 g/mol. The van der Waals surface area contributed by atoms with Gasteiger partial charge in [-0.1, -0.05) is 0 Å². The Morgan fingerprint density at radius 1 is 1.47 bits per heavy atom. The zero-order chi connectivity index (χ0) is 10.7. The van der Waals surface area contributed by atoms with Crippen molar-refractivity contribution < 1.29 is 4.79 Å². The van der Waals surface area contributed by atoms with Crippen molar-refractivity contribution in [2.45, 2.75) is 19.3 Å². The molecule has 0 unspecified atom stereocenters. The molecule has 1 aromatic heterocycles. The summed E-state index contributed by atoms with van der Waals surface area (Å²) in [5.74, 6) is 3.37. The second kappa shape index (κ2) is 5.51. The van der Waals surface area contributed by atoms with Crippen molar-refractivity contribution in [3.8, 4) is 0 Å². The number of hydrogen-bond donors (Lipinski definition) is 0. The Kier molecular flexibility index (Phi) is 4.29. The first-order chi connectivity index (χ1) is 7.27. The van der Waals surface area contributed by atoms with Crippen LogP contribution in [0.1, 0.15) is 29.6 Å². The molecule has 1 saturated heterocycles. The maximum absolute atomic E-state index is 12.0. The molecule has 0 bridgehead atoms. The summed E-state index contributed by atoms with van der Waals surface area (Å²) in [7, 11) is 0. The minimum atomic E-state index is 0.306. The van der Waals surface area contributed by atoms with E-state index in [9.17, 15) is 4.79 Å². The van der Waals surface area contributed by atoms with Gasteiger partial charge in [-0.3, -0.25) is 4.79 Å². The molecule has 0 atom stereocenters. The average Bonchev–Trinajstić information content (AvgIpc) is 2.66. The number of halogens is 1. The largest absolute Gasteiger partial charge is 0.294 e. The van der Waals surface area contributed by atoms with Gasteiger partial charge in [0.2, 0.25) is 0 Å². The van der Waals surface area contributed by atoms with Crippen LogP contribution in [0.25, 0.3) is 0 Å². The lowest BCUT2D eigenvalue weighted by molar-refractivity contribution is 0.0958. The summed E-state index contributed by atoms with van der Waals surface area (Å²) in [4.78, 5) is 12.0. The van der Waals surface area contributed by atoms with E-state index in [0.29, 0.717) is 11.7 Å². The second-order valence-electron chi connectivity index (χ2n) is 3.79. The molecule has 1 nitrogen and oxygen atoms in total. The fourth-order valence-corrected chi connectivity index (χ4v) is 4.33. The molecule has 1 aliphatic heterocycles. The SMILES string of the molecule is O=C(CC1CCSCC1)c1ccsc1Br. The number of ketones is 1. The molecule has 1 aromatic rings. The number of thioether (sulfide) groups is 1. The monoisotopic (exact) mass is 304 g/mol. The predicted molar refractivity (Wildman–Crippen MR) is 71.0 cm³/mol. The first kappa shape index (κ1) is 11.7. The molecule has 2 rings (SSSR count). The van der Waals surface area contributed by atoms with Crippen LogP contribution in [-0.4, -0.2) is 17.3 Å². The van der Waals surface area contributed by atoms with Crippen LogP contribution in [0.15, 0.2) is 15.2 Å². The first-order valence-corrected chi connectivity index (χ1v) is 7.94. The van der Waals surface area contributed by atoms with Gasteiger partial charge >= 0.3 is 0 Å². The number of carbonyl (C=O) groups is 1. The van der Waals surface area contributed by atoms with Crippen LogP contribution in [-0.2, 0) is 0 Å². The van der Waals surface area contributed by atoms with E-state index in [-0.39, 0.29) is 0 Å². The smallest absolute Gasteiger partial charge is 0.165 e. The van der Waals surface area contributed by atoms with Crippen LogP contribution >= 0.6 is 39.0 Å². The van der Waals surface area contributed by atoms with E-state index in [1.807, 2.05) is 23.2 Å². The van der Waals surface area contributed by atoms with Gasteiger partial charge in [0.25, 0.3) is 0 Å². The highest BCUT2D eigenvalue weighted by Gasteiger charge is 2.19. The van der Waals surface area contributed by atoms with Crippen molar-refractivity contribution in [2.75, 3.05) is 11.5 Å². The molecule has 15 heavy (non-hydrogen) atoms. The average molecular weight is 305 g/mol. The summed E-state index contributed by atoms with van der Waals surface area (Å²) >= 11 is 7.02. The van der Waals surface area contributed by atoms with Crippen LogP contribution in [0.4, 0.5) is 0 Å². The molecule has 4 heteroatoms. The highest BCUT2D eigenvalue weighted by atomic mass is 79.9. The Labute approximate surface area is 107 Å². The summed E-state index contributed by atoms with van der Waals surface area (Å²) in [6.07, 6.45) is 3.15. The predicted octanol–water partition coefficient (Wildman–Crippen LogP) is 4.23. The lowest BCUT2D eigenvalue weighted by Crippen LogP contribution is -2.14. The van der Waals surface area contributed by atoms with Crippen LogP contribution in [0.5, 0.6) is 0 Å².